The predicted octanol–water partition coefficient (Wildman–Crippen LogP) is 4.11. The van der Waals surface area contributed by atoms with Crippen LogP contribution < -0.4 is 9.47 Å². The number of rotatable bonds is 5. The van der Waals surface area contributed by atoms with Gasteiger partial charge in [0.15, 0.2) is 11.5 Å². The van der Waals surface area contributed by atoms with Crippen LogP contribution in [0.3, 0.4) is 0 Å². The maximum Gasteiger partial charge on any atom is 0.203 e. The molecule has 4 rings (SSSR count). The van der Waals surface area contributed by atoms with E-state index >= 15 is 0 Å². The first-order chi connectivity index (χ1) is 14.8. The first kappa shape index (κ1) is 21.8. The molecular formula is C23H25F2NO4S. The Bertz CT molecular complexity index is 1100. The summed E-state index contributed by atoms with van der Waals surface area (Å²) in [6, 6.07) is 6.83. The number of likely N-dealkylation sites (tertiary alicyclic amines) is 1. The minimum absolute atomic E-state index is 0.142. The number of ether oxygens (including phenoxy) is 2. The number of benzene rings is 2. The SMILES string of the molecule is COc1cc2c(cc1OC)S(=O)(=O)/C(=C/C1CCN(Cc3cc(F)cc(F)c3)CC1)C2. The van der Waals surface area contributed by atoms with E-state index in [1.807, 2.05) is 6.08 Å². The second-order valence-corrected chi connectivity index (χ2v) is 9.99. The van der Waals surface area contributed by atoms with E-state index in [0.29, 0.717) is 34.9 Å². The Balaban J connectivity index is 1.45. The molecule has 0 spiro atoms. The molecule has 2 aliphatic heterocycles. The summed E-state index contributed by atoms with van der Waals surface area (Å²) in [4.78, 5) is 2.84. The van der Waals surface area contributed by atoms with Gasteiger partial charge in [0.1, 0.15) is 11.6 Å². The van der Waals surface area contributed by atoms with Gasteiger partial charge in [-0.05, 0) is 61.2 Å². The maximum atomic E-state index is 13.4. The average Bonchev–Trinajstić information content (AvgIpc) is 2.96. The van der Waals surface area contributed by atoms with Crippen LogP contribution in [0, 0.1) is 17.6 Å². The van der Waals surface area contributed by atoms with Crippen molar-refractivity contribution in [3.8, 4) is 11.5 Å². The van der Waals surface area contributed by atoms with E-state index in [1.54, 1.807) is 6.07 Å². The van der Waals surface area contributed by atoms with E-state index in [4.69, 9.17) is 9.47 Å². The summed E-state index contributed by atoms with van der Waals surface area (Å²) in [5.74, 6) is -0.0980. The minimum atomic E-state index is -3.55. The number of halogens is 2. The quantitative estimate of drug-likeness (QED) is 0.688. The van der Waals surface area contributed by atoms with Crippen LogP contribution in [0.15, 0.2) is 46.2 Å². The van der Waals surface area contributed by atoms with Crippen molar-refractivity contribution in [1.82, 2.24) is 4.90 Å². The molecule has 1 saturated heterocycles. The van der Waals surface area contributed by atoms with Gasteiger partial charge in [-0.25, -0.2) is 17.2 Å². The molecule has 0 bridgehead atoms. The third kappa shape index (κ3) is 4.45. The molecule has 0 aliphatic carbocycles. The van der Waals surface area contributed by atoms with E-state index in [2.05, 4.69) is 4.90 Å². The van der Waals surface area contributed by atoms with Crippen LogP contribution in [0.25, 0.3) is 0 Å². The Hall–Kier alpha value is -2.45. The van der Waals surface area contributed by atoms with Gasteiger partial charge in [-0.1, -0.05) is 6.08 Å². The van der Waals surface area contributed by atoms with Crippen molar-refractivity contribution in [3.05, 3.63) is 64.1 Å². The van der Waals surface area contributed by atoms with Crippen molar-refractivity contribution in [2.75, 3.05) is 27.3 Å². The van der Waals surface area contributed by atoms with Gasteiger partial charge in [0.05, 0.1) is 19.1 Å². The van der Waals surface area contributed by atoms with Crippen LogP contribution in [0.2, 0.25) is 0 Å². The van der Waals surface area contributed by atoms with Gasteiger partial charge in [-0.3, -0.25) is 4.90 Å². The lowest BCUT2D eigenvalue weighted by atomic mass is 9.95. The fraction of sp³-hybridized carbons (Fsp3) is 0.391. The summed E-state index contributed by atoms with van der Waals surface area (Å²) in [6.45, 7) is 1.95. The molecule has 0 aromatic heterocycles. The van der Waals surface area contributed by atoms with Crippen molar-refractivity contribution < 1.29 is 26.7 Å². The highest BCUT2D eigenvalue weighted by Crippen LogP contribution is 2.41. The average molecular weight is 450 g/mol. The van der Waals surface area contributed by atoms with Gasteiger partial charge in [0.25, 0.3) is 0 Å². The highest BCUT2D eigenvalue weighted by molar-refractivity contribution is 7.95. The zero-order valence-corrected chi connectivity index (χ0v) is 18.3. The molecule has 2 aromatic carbocycles. The fourth-order valence-corrected chi connectivity index (χ4v) is 6.10. The Kier molecular flexibility index (Phi) is 6.03. The van der Waals surface area contributed by atoms with E-state index < -0.39 is 21.5 Å². The molecule has 0 amide bonds. The second kappa shape index (κ2) is 8.59. The lowest BCUT2D eigenvalue weighted by Gasteiger charge is -2.31. The molecular weight excluding hydrogens is 424 g/mol. The monoisotopic (exact) mass is 449 g/mol. The number of allylic oxidation sites excluding steroid dienone is 2. The number of sulfone groups is 1. The lowest BCUT2D eigenvalue weighted by Crippen LogP contribution is -2.33. The Morgan fingerprint density at radius 2 is 1.61 bits per heavy atom. The van der Waals surface area contributed by atoms with E-state index in [0.717, 1.165) is 37.6 Å². The summed E-state index contributed by atoms with van der Waals surface area (Å²) < 4.78 is 63.5. The molecule has 0 radical (unpaired) electrons. The Morgan fingerprint density at radius 3 is 2.23 bits per heavy atom. The van der Waals surface area contributed by atoms with Gasteiger partial charge in [0.2, 0.25) is 9.84 Å². The number of hydrogen-bond donors (Lipinski definition) is 0. The molecule has 0 atom stereocenters. The van der Waals surface area contributed by atoms with Crippen LogP contribution in [0.1, 0.15) is 24.0 Å². The number of piperidine rings is 1. The standard InChI is InChI=1S/C23H25F2NO4S/c1-29-21-11-17-10-20(31(27,28)23(17)13-22(21)30-2)9-15-3-5-26(6-4-15)14-16-7-18(24)12-19(25)8-16/h7-9,11-13,15H,3-6,10,14H2,1-2H3/b20-9+. The van der Waals surface area contributed by atoms with Crippen LogP contribution in [-0.4, -0.2) is 40.6 Å². The first-order valence-electron chi connectivity index (χ1n) is 10.2. The molecule has 0 N–H and O–H groups in total. The molecule has 1 fully saturated rings. The topological polar surface area (TPSA) is 55.8 Å². The summed E-state index contributed by atoms with van der Waals surface area (Å²) >= 11 is 0. The number of fused-ring (bicyclic) bond motifs is 1. The van der Waals surface area contributed by atoms with Gasteiger partial charge < -0.3 is 9.47 Å². The largest absolute Gasteiger partial charge is 0.493 e. The predicted molar refractivity (Wildman–Crippen MR) is 113 cm³/mol. The maximum absolute atomic E-state index is 13.4. The van der Waals surface area contributed by atoms with Crippen LogP contribution in [0.4, 0.5) is 8.78 Å². The summed E-state index contributed by atoms with van der Waals surface area (Å²) in [6.07, 6.45) is 3.81. The molecule has 2 heterocycles. The summed E-state index contributed by atoms with van der Waals surface area (Å²) in [7, 11) is -0.541. The van der Waals surface area contributed by atoms with E-state index in [9.17, 15) is 17.2 Å². The van der Waals surface area contributed by atoms with E-state index in [-0.39, 0.29) is 10.8 Å². The number of methoxy groups -OCH3 is 2. The molecule has 2 aromatic rings. The normalized spacial score (nSPS) is 20.1. The fourth-order valence-electron chi connectivity index (χ4n) is 4.36. The Morgan fingerprint density at radius 1 is 1.00 bits per heavy atom. The smallest absolute Gasteiger partial charge is 0.203 e. The van der Waals surface area contributed by atoms with Crippen molar-refractivity contribution >= 4 is 9.84 Å². The van der Waals surface area contributed by atoms with Crippen molar-refractivity contribution in [3.63, 3.8) is 0 Å². The zero-order valence-electron chi connectivity index (χ0n) is 17.5. The number of hydrogen-bond acceptors (Lipinski definition) is 5. The molecule has 166 valence electrons. The molecule has 0 saturated carbocycles. The Labute approximate surface area is 181 Å². The third-order valence-electron chi connectivity index (χ3n) is 5.95. The van der Waals surface area contributed by atoms with Gasteiger partial charge in [-0.15, -0.1) is 0 Å². The van der Waals surface area contributed by atoms with Gasteiger partial charge >= 0.3 is 0 Å². The summed E-state index contributed by atoms with van der Waals surface area (Å²) in [5, 5.41) is 0. The minimum Gasteiger partial charge on any atom is -0.493 e. The highest BCUT2D eigenvalue weighted by Gasteiger charge is 2.34. The molecule has 5 nitrogen and oxygen atoms in total. The van der Waals surface area contributed by atoms with E-state index in [1.165, 1.54) is 32.4 Å². The zero-order chi connectivity index (χ0) is 22.2. The second-order valence-electron chi connectivity index (χ2n) is 8.02. The lowest BCUT2D eigenvalue weighted by molar-refractivity contribution is 0.195. The van der Waals surface area contributed by atoms with Gasteiger partial charge in [-0.2, -0.15) is 0 Å². The van der Waals surface area contributed by atoms with Gasteiger partial charge in [0, 0.05) is 30.0 Å². The van der Waals surface area contributed by atoms with Crippen LogP contribution >= 0.6 is 0 Å². The van der Waals surface area contributed by atoms with Crippen LogP contribution in [0.5, 0.6) is 11.5 Å². The van der Waals surface area contributed by atoms with Crippen molar-refractivity contribution in [2.24, 2.45) is 5.92 Å². The summed E-state index contributed by atoms with van der Waals surface area (Å²) in [5.41, 5.74) is 1.32. The molecule has 0 unspecified atom stereocenters. The number of nitrogens with zero attached hydrogens (tertiary/aromatic N) is 1. The molecule has 2 aliphatic rings. The van der Waals surface area contributed by atoms with Crippen molar-refractivity contribution in [2.45, 2.75) is 30.7 Å². The van der Waals surface area contributed by atoms with Crippen LogP contribution in [-0.2, 0) is 22.8 Å². The van der Waals surface area contributed by atoms with Crippen molar-refractivity contribution in [1.29, 1.82) is 0 Å². The third-order valence-corrected chi connectivity index (χ3v) is 7.88. The first-order valence-corrected chi connectivity index (χ1v) is 11.7. The highest BCUT2D eigenvalue weighted by atomic mass is 32.2. The molecule has 8 heteroatoms. The molecule has 31 heavy (non-hydrogen) atoms.